The lowest BCUT2D eigenvalue weighted by molar-refractivity contribution is -0.0405. The largest absolute Gasteiger partial charge is 0.298 e. The summed E-state index contributed by atoms with van der Waals surface area (Å²) >= 11 is 0. The molecule has 1 atom stereocenters. The van der Waals surface area contributed by atoms with Crippen molar-refractivity contribution in [2.75, 3.05) is 0 Å². The van der Waals surface area contributed by atoms with Crippen LogP contribution < -0.4 is 5.48 Å². The van der Waals surface area contributed by atoms with Crippen molar-refractivity contribution >= 4 is 0 Å². The minimum atomic E-state index is -0.138. The first-order valence-electron chi connectivity index (χ1n) is 6.52. The molecule has 3 heteroatoms. The van der Waals surface area contributed by atoms with E-state index in [1.807, 2.05) is 6.07 Å². The van der Waals surface area contributed by atoms with Crippen LogP contribution in [0.3, 0.4) is 0 Å². The van der Waals surface area contributed by atoms with E-state index in [1.54, 1.807) is 6.07 Å². The van der Waals surface area contributed by atoms with E-state index in [1.165, 1.54) is 24.5 Å². The molecule has 1 fully saturated rings. The van der Waals surface area contributed by atoms with Gasteiger partial charge in [-0.2, -0.15) is 5.48 Å². The van der Waals surface area contributed by atoms with Gasteiger partial charge in [0.05, 0.1) is 12.1 Å². The smallest absolute Gasteiger partial charge is 0.123 e. The summed E-state index contributed by atoms with van der Waals surface area (Å²) in [6, 6.07) is 5.31. The zero-order valence-electron chi connectivity index (χ0n) is 9.92. The summed E-state index contributed by atoms with van der Waals surface area (Å²) in [4.78, 5) is 5.73. The van der Waals surface area contributed by atoms with Crippen LogP contribution in [0.25, 0.3) is 0 Å². The van der Waals surface area contributed by atoms with Crippen LogP contribution in [0.1, 0.15) is 49.3 Å². The lowest BCUT2D eigenvalue weighted by Gasteiger charge is -2.17. The highest BCUT2D eigenvalue weighted by Crippen LogP contribution is 2.32. The number of halogens is 1. The van der Waals surface area contributed by atoms with Crippen LogP contribution in [0.2, 0.25) is 0 Å². The third-order valence-electron chi connectivity index (χ3n) is 3.86. The summed E-state index contributed by atoms with van der Waals surface area (Å²) in [5.41, 5.74) is 5.50. The van der Waals surface area contributed by atoms with E-state index >= 15 is 0 Å². The molecule has 0 heterocycles. The molecule has 0 spiro atoms. The van der Waals surface area contributed by atoms with Crippen molar-refractivity contribution in [3.63, 3.8) is 0 Å². The number of fused-ring (bicyclic) bond motifs is 1. The molecule has 1 aromatic rings. The van der Waals surface area contributed by atoms with Crippen LogP contribution in [-0.4, -0.2) is 6.10 Å². The zero-order chi connectivity index (χ0) is 11.7. The van der Waals surface area contributed by atoms with E-state index in [9.17, 15) is 4.39 Å². The van der Waals surface area contributed by atoms with Gasteiger partial charge in [-0.15, -0.1) is 0 Å². The highest BCUT2D eigenvalue weighted by atomic mass is 19.1. The van der Waals surface area contributed by atoms with Crippen LogP contribution >= 0.6 is 0 Å². The molecule has 92 valence electrons. The standard InChI is InChI=1S/C14H18FNO/c15-11-6-7-13-10(9-11)5-8-14(13)16-17-12-3-1-2-4-12/h6-7,9,12,14,16H,1-5,8H2. The molecule has 0 aliphatic heterocycles. The molecule has 1 unspecified atom stereocenters. The Morgan fingerprint density at radius 1 is 1.18 bits per heavy atom. The van der Waals surface area contributed by atoms with E-state index in [-0.39, 0.29) is 11.9 Å². The van der Waals surface area contributed by atoms with E-state index in [2.05, 4.69) is 5.48 Å². The summed E-state index contributed by atoms with van der Waals surface area (Å²) in [5, 5.41) is 0. The van der Waals surface area contributed by atoms with Crippen molar-refractivity contribution in [2.45, 2.75) is 50.7 Å². The molecule has 2 aliphatic carbocycles. The van der Waals surface area contributed by atoms with Gasteiger partial charge in [0.25, 0.3) is 0 Å². The first-order valence-corrected chi connectivity index (χ1v) is 6.52. The zero-order valence-corrected chi connectivity index (χ0v) is 9.92. The average Bonchev–Trinajstić information content (AvgIpc) is 2.94. The number of aryl methyl sites for hydroxylation is 1. The molecule has 2 nitrogen and oxygen atoms in total. The van der Waals surface area contributed by atoms with Crippen molar-refractivity contribution in [2.24, 2.45) is 0 Å². The number of nitrogens with one attached hydrogen (secondary N) is 1. The second-order valence-electron chi connectivity index (χ2n) is 5.08. The molecule has 0 amide bonds. The van der Waals surface area contributed by atoms with Gasteiger partial charge in [0.1, 0.15) is 5.82 Å². The number of hydrogen-bond donors (Lipinski definition) is 1. The lowest BCUT2D eigenvalue weighted by atomic mass is 10.1. The maximum atomic E-state index is 13.1. The maximum absolute atomic E-state index is 13.1. The molecular weight excluding hydrogens is 217 g/mol. The Hall–Kier alpha value is -0.930. The Morgan fingerprint density at radius 3 is 2.82 bits per heavy atom. The molecule has 17 heavy (non-hydrogen) atoms. The molecule has 1 N–H and O–H groups in total. The quantitative estimate of drug-likeness (QED) is 0.812. The predicted molar refractivity (Wildman–Crippen MR) is 63.9 cm³/mol. The number of hydroxylamine groups is 1. The minimum Gasteiger partial charge on any atom is -0.298 e. The van der Waals surface area contributed by atoms with Crippen LogP contribution in [-0.2, 0) is 11.3 Å². The van der Waals surface area contributed by atoms with E-state index in [4.69, 9.17) is 4.84 Å². The lowest BCUT2D eigenvalue weighted by Crippen LogP contribution is -2.25. The first kappa shape index (κ1) is 11.2. The van der Waals surface area contributed by atoms with E-state index in [0.29, 0.717) is 6.10 Å². The number of hydrogen-bond acceptors (Lipinski definition) is 2. The molecule has 1 saturated carbocycles. The number of rotatable bonds is 3. The Morgan fingerprint density at radius 2 is 2.00 bits per heavy atom. The van der Waals surface area contributed by atoms with Crippen molar-refractivity contribution in [3.05, 3.63) is 35.1 Å². The molecule has 0 radical (unpaired) electrons. The Bertz CT molecular complexity index is 401. The molecule has 0 aromatic heterocycles. The summed E-state index contributed by atoms with van der Waals surface area (Å²) < 4.78 is 13.1. The third-order valence-corrected chi connectivity index (χ3v) is 3.86. The fraction of sp³-hybridized carbons (Fsp3) is 0.571. The van der Waals surface area contributed by atoms with Gasteiger partial charge in [0.15, 0.2) is 0 Å². The predicted octanol–water partition coefficient (Wildman–Crippen LogP) is 3.28. The fourth-order valence-electron chi connectivity index (χ4n) is 2.89. The minimum absolute atomic E-state index is 0.138. The second kappa shape index (κ2) is 4.75. The van der Waals surface area contributed by atoms with Crippen LogP contribution in [0.4, 0.5) is 4.39 Å². The van der Waals surface area contributed by atoms with Gasteiger partial charge in [0, 0.05) is 0 Å². The third kappa shape index (κ3) is 2.35. The van der Waals surface area contributed by atoms with Gasteiger partial charge in [0.2, 0.25) is 0 Å². The van der Waals surface area contributed by atoms with Crippen LogP contribution in [0.15, 0.2) is 18.2 Å². The Balaban J connectivity index is 1.63. The molecule has 0 saturated heterocycles. The van der Waals surface area contributed by atoms with E-state index < -0.39 is 0 Å². The maximum Gasteiger partial charge on any atom is 0.123 e. The van der Waals surface area contributed by atoms with Crippen LogP contribution in [0.5, 0.6) is 0 Å². The molecule has 2 aliphatic rings. The van der Waals surface area contributed by atoms with Gasteiger partial charge < -0.3 is 0 Å². The molecule has 1 aromatic carbocycles. The molecular formula is C14H18FNO. The van der Waals surface area contributed by atoms with Crippen molar-refractivity contribution in [1.29, 1.82) is 0 Å². The van der Waals surface area contributed by atoms with Gasteiger partial charge in [-0.25, -0.2) is 4.39 Å². The molecule has 0 bridgehead atoms. The second-order valence-corrected chi connectivity index (χ2v) is 5.08. The highest BCUT2D eigenvalue weighted by Gasteiger charge is 2.24. The van der Waals surface area contributed by atoms with Crippen molar-refractivity contribution in [1.82, 2.24) is 5.48 Å². The van der Waals surface area contributed by atoms with E-state index in [0.717, 1.165) is 31.2 Å². The van der Waals surface area contributed by atoms with Gasteiger partial charge in [-0.1, -0.05) is 18.9 Å². The fourth-order valence-corrected chi connectivity index (χ4v) is 2.89. The first-order chi connectivity index (χ1) is 8.33. The summed E-state index contributed by atoms with van der Waals surface area (Å²) in [5.74, 6) is -0.138. The summed E-state index contributed by atoms with van der Waals surface area (Å²) in [6.07, 6.45) is 7.20. The average molecular weight is 235 g/mol. The number of benzene rings is 1. The van der Waals surface area contributed by atoms with Crippen molar-refractivity contribution in [3.8, 4) is 0 Å². The van der Waals surface area contributed by atoms with Gasteiger partial charge in [-0.3, -0.25) is 4.84 Å². The monoisotopic (exact) mass is 235 g/mol. The summed E-state index contributed by atoms with van der Waals surface area (Å²) in [7, 11) is 0. The Kier molecular flexibility index (Phi) is 3.12. The topological polar surface area (TPSA) is 21.3 Å². The SMILES string of the molecule is Fc1ccc2c(c1)CCC2NOC1CCCC1. The Labute approximate surface area is 101 Å². The normalized spacial score (nSPS) is 24.2. The van der Waals surface area contributed by atoms with Gasteiger partial charge >= 0.3 is 0 Å². The summed E-state index contributed by atoms with van der Waals surface area (Å²) in [6.45, 7) is 0. The van der Waals surface area contributed by atoms with Crippen molar-refractivity contribution < 1.29 is 9.23 Å². The van der Waals surface area contributed by atoms with Gasteiger partial charge in [-0.05, 0) is 48.9 Å². The highest BCUT2D eigenvalue weighted by molar-refractivity contribution is 5.34. The molecule has 3 rings (SSSR count). The van der Waals surface area contributed by atoms with Crippen LogP contribution in [0, 0.1) is 5.82 Å².